The number of hydrazine groups is 1. The van der Waals surface area contributed by atoms with Gasteiger partial charge in [0.15, 0.2) is 0 Å². The number of nitrogens with zero attached hydrogens (tertiary/aromatic N) is 1. The second-order valence-corrected chi connectivity index (χ2v) is 3.87. The smallest absolute Gasteiger partial charge is 0.255 e. The predicted molar refractivity (Wildman–Crippen MR) is 73.0 cm³/mol. The van der Waals surface area contributed by atoms with E-state index < -0.39 is 5.82 Å². The van der Waals surface area contributed by atoms with Crippen molar-refractivity contribution in [3.05, 3.63) is 47.9 Å². The minimum atomic E-state index is -0.446. The van der Waals surface area contributed by atoms with Gasteiger partial charge in [0, 0.05) is 17.8 Å². The van der Waals surface area contributed by atoms with E-state index in [0.717, 1.165) is 0 Å². The maximum Gasteiger partial charge on any atom is 0.255 e. The number of anilines is 2. The summed E-state index contributed by atoms with van der Waals surface area (Å²) in [5, 5.41) is 2.63. The van der Waals surface area contributed by atoms with Crippen molar-refractivity contribution in [1.29, 1.82) is 0 Å². The van der Waals surface area contributed by atoms with Gasteiger partial charge in [-0.2, -0.15) is 0 Å². The number of nitrogens with one attached hydrogen (secondary N) is 2. The molecular formula is C13H13FN4O2. The Morgan fingerprint density at radius 3 is 2.85 bits per heavy atom. The van der Waals surface area contributed by atoms with Crippen molar-refractivity contribution in [2.24, 2.45) is 5.84 Å². The number of hydrogen-bond acceptors (Lipinski definition) is 5. The third-order valence-corrected chi connectivity index (χ3v) is 2.58. The molecule has 2 aromatic rings. The van der Waals surface area contributed by atoms with Crippen molar-refractivity contribution >= 4 is 17.4 Å². The topological polar surface area (TPSA) is 89.3 Å². The summed E-state index contributed by atoms with van der Waals surface area (Å²) in [7, 11) is 1.40. The average molecular weight is 276 g/mol. The second-order valence-electron chi connectivity index (χ2n) is 3.87. The van der Waals surface area contributed by atoms with Crippen LogP contribution in [0.25, 0.3) is 0 Å². The number of nitrogen functional groups attached to an aromatic ring is 1. The Hall–Kier alpha value is -2.67. The summed E-state index contributed by atoms with van der Waals surface area (Å²) in [6, 6.07) is 6.87. The number of aromatic nitrogens is 1. The Kier molecular flexibility index (Phi) is 4.11. The molecule has 0 fully saturated rings. The standard InChI is InChI=1S/C13H13FN4O2/c1-20-11-7-9(14)2-3-10(11)17-13(19)8-4-5-16-12(6-8)18-15/h2-7H,15H2,1H3,(H,16,18)(H,17,19). The minimum Gasteiger partial charge on any atom is -0.494 e. The van der Waals surface area contributed by atoms with Gasteiger partial charge in [-0.1, -0.05) is 0 Å². The van der Waals surface area contributed by atoms with Crippen LogP contribution in [0.4, 0.5) is 15.9 Å². The van der Waals surface area contributed by atoms with Gasteiger partial charge < -0.3 is 15.5 Å². The molecule has 0 aliphatic heterocycles. The molecule has 2 rings (SSSR count). The summed E-state index contributed by atoms with van der Waals surface area (Å²) in [4.78, 5) is 16.0. The zero-order valence-corrected chi connectivity index (χ0v) is 10.7. The van der Waals surface area contributed by atoms with Gasteiger partial charge in [-0.25, -0.2) is 15.2 Å². The van der Waals surface area contributed by atoms with E-state index >= 15 is 0 Å². The lowest BCUT2D eigenvalue weighted by Crippen LogP contribution is -2.14. The molecule has 0 bridgehead atoms. The maximum atomic E-state index is 13.1. The van der Waals surface area contributed by atoms with E-state index in [9.17, 15) is 9.18 Å². The zero-order chi connectivity index (χ0) is 14.5. The molecule has 0 unspecified atom stereocenters. The molecule has 0 aliphatic rings. The van der Waals surface area contributed by atoms with Gasteiger partial charge in [0.05, 0.1) is 12.8 Å². The van der Waals surface area contributed by atoms with Crippen LogP contribution in [0.15, 0.2) is 36.5 Å². The number of benzene rings is 1. The van der Waals surface area contributed by atoms with Gasteiger partial charge in [-0.05, 0) is 24.3 Å². The van der Waals surface area contributed by atoms with Crippen LogP contribution in [0.2, 0.25) is 0 Å². The third kappa shape index (κ3) is 3.01. The molecule has 1 aromatic heterocycles. The normalized spacial score (nSPS) is 9.95. The van der Waals surface area contributed by atoms with E-state index in [1.165, 1.54) is 43.6 Å². The summed E-state index contributed by atoms with van der Waals surface area (Å²) in [6.45, 7) is 0. The molecule has 7 heteroatoms. The SMILES string of the molecule is COc1cc(F)ccc1NC(=O)c1ccnc(NN)c1. The van der Waals surface area contributed by atoms with E-state index in [-0.39, 0.29) is 11.7 Å². The Morgan fingerprint density at radius 2 is 2.15 bits per heavy atom. The lowest BCUT2D eigenvalue weighted by atomic mass is 10.2. The molecule has 1 amide bonds. The van der Waals surface area contributed by atoms with Crippen molar-refractivity contribution in [3.8, 4) is 5.75 Å². The fraction of sp³-hybridized carbons (Fsp3) is 0.0769. The van der Waals surface area contributed by atoms with E-state index in [4.69, 9.17) is 10.6 Å². The first-order chi connectivity index (χ1) is 9.63. The number of rotatable bonds is 4. The number of methoxy groups -OCH3 is 1. The molecule has 1 heterocycles. The number of carbonyl (C=O) groups excluding carboxylic acids is 1. The highest BCUT2D eigenvalue weighted by Crippen LogP contribution is 2.25. The van der Waals surface area contributed by atoms with Crippen molar-refractivity contribution in [1.82, 2.24) is 4.98 Å². The fourth-order valence-corrected chi connectivity index (χ4v) is 1.61. The molecule has 4 N–H and O–H groups in total. The van der Waals surface area contributed by atoms with Crippen molar-refractivity contribution in [2.45, 2.75) is 0 Å². The highest BCUT2D eigenvalue weighted by molar-refractivity contribution is 6.05. The highest BCUT2D eigenvalue weighted by Gasteiger charge is 2.11. The molecule has 0 atom stereocenters. The van der Waals surface area contributed by atoms with Crippen LogP contribution < -0.4 is 21.3 Å². The summed E-state index contributed by atoms with van der Waals surface area (Å²) >= 11 is 0. The summed E-state index contributed by atoms with van der Waals surface area (Å²) in [6.07, 6.45) is 1.45. The number of nitrogens with two attached hydrogens (primary N) is 1. The maximum absolute atomic E-state index is 13.1. The number of ether oxygens (including phenoxy) is 1. The number of pyridine rings is 1. The monoisotopic (exact) mass is 276 g/mol. The summed E-state index contributed by atoms with van der Waals surface area (Å²) < 4.78 is 18.1. The molecular weight excluding hydrogens is 263 g/mol. The van der Waals surface area contributed by atoms with Crippen LogP contribution in [0.3, 0.4) is 0 Å². The first-order valence-corrected chi connectivity index (χ1v) is 5.71. The van der Waals surface area contributed by atoms with Crippen LogP contribution in [0.5, 0.6) is 5.75 Å². The van der Waals surface area contributed by atoms with Gasteiger partial charge in [-0.3, -0.25) is 4.79 Å². The van der Waals surface area contributed by atoms with Crippen LogP contribution in [0, 0.1) is 5.82 Å². The van der Waals surface area contributed by atoms with E-state index in [1.807, 2.05) is 0 Å². The van der Waals surface area contributed by atoms with E-state index in [1.54, 1.807) is 0 Å². The van der Waals surface area contributed by atoms with Gasteiger partial charge in [0.25, 0.3) is 5.91 Å². The average Bonchev–Trinajstić information content (AvgIpc) is 2.49. The first-order valence-electron chi connectivity index (χ1n) is 5.71. The predicted octanol–water partition coefficient (Wildman–Crippen LogP) is 1.77. The molecule has 0 spiro atoms. The summed E-state index contributed by atoms with van der Waals surface area (Å²) in [5.41, 5.74) is 3.08. The van der Waals surface area contributed by atoms with Crippen LogP contribution in [0.1, 0.15) is 10.4 Å². The number of amides is 1. The van der Waals surface area contributed by atoms with Gasteiger partial charge in [0.1, 0.15) is 17.4 Å². The van der Waals surface area contributed by atoms with Crippen LogP contribution >= 0.6 is 0 Å². The Bertz CT molecular complexity index is 634. The van der Waals surface area contributed by atoms with Gasteiger partial charge in [-0.15, -0.1) is 0 Å². The molecule has 20 heavy (non-hydrogen) atoms. The minimum absolute atomic E-state index is 0.240. The molecule has 0 aliphatic carbocycles. The molecule has 104 valence electrons. The number of carbonyl (C=O) groups is 1. The Morgan fingerprint density at radius 1 is 1.35 bits per heavy atom. The Balaban J connectivity index is 2.23. The number of halogens is 1. The largest absolute Gasteiger partial charge is 0.494 e. The molecule has 6 nitrogen and oxygen atoms in total. The van der Waals surface area contributed by atoms with Crippen molar-refractivity contribution in [3.63, 3.8) is 0 Å². The van der Waals surface area contributed by atoms with Crippen molar-refractivity contribution in [2.75, 3.05) is 17.9 Å². The lowest BCUT2D eigenvalue weighted by molar-refractivity contribution is 0.102. The zero-order valence-electron chi connectivity index (χ0n) is 10.7. The molecule has 1 aromatic carbocycles. The number of hydrogen-bond donors (Lipinski definition) is 3. The molecule has 0 saturated carbocycles. The van der Waals surface area contributed by atoms with Crippen LogP contribution in [-0.2, 0) is 0 Å². The van der Waals surface area contributed by atoms with Gasteiger partial charge in [0.2, 0.25) is 0 Å². The third-order valence-electron chi connectivity index (χ3n) is 2.58. The lowest BCUT2D eigenvalue weighted by Gasteiger charge is -2.10. The molecule has 0 radical (unpaired) electrons. The summed E-state index contributed by atoms with van der Waals surface area (Å²) in [5.74, 6) is 5.01. The first kappa shape index (κ1) is 13.8. The van der Waals surface area contributed by atoms with Crippen molar-refractivity contribution < 1.29 is 13.9 Å². The molecule has 0 saturated heterocycles. The quantitative estimate of drug-likeness (QED) is 0.585. The Labute approximate surface area is 114 Å². The highest BCUT2D eigenvalue weighted by atomic mass is 19.1. The van der Waals surface area contributed by atoms with Crippen LogP contribution in [-0.4, -0.2) is 18.0 Å². The van der Waals surface area contributed by atoms with E-state index in [0.29, 0.717) is 17.1 Å². The second kappa shape index (κ2) is 5.98. The van der Waals surface area contributed by atoms with Gasteiger partial charge >= 0.3 is 0 Å². The van der Waals surface area contributed by atoms with E-state index in [2.05, 4.69) is 15.7 Å². The fourth-order valence-electron chi connectivity index (χ4n) is 1.61.